The molecule has 0 spiro atoms. The monoisotopic (exact) mass is 208 g/mol. The van der Waals surface area contributed by atoms with E-state index in [0.717, 1.165) is 30.8 Å². The van der Waals surface area contributed by atoms with E-state index in [4.69, 9.17) is 5.73 Å². The van der Waals surface area contributed by atoms with Gasteiger partial charge in [-0.15, -0.1) is 0 Å². The molecule has 0 bridgehead atoms. The maximum Gasteiger partial charge on any atom is 0.123 e. The van der Waals surface area contributed by atoms with Crippen LogP contribution in [0.1, 0.15) is 24.0 Å². The van der Waals surface area contributed by atoms with Crippen LogP contribution >= 0.6 is 0 Å². The highest BCUT2D eigenvalue weighted by atomic mass is 19.1. The zero-order valence-electron chi connectivity index (χ0n) is 8.88. The van der Waals surface area contributed by atoms with Crippen LogP contribution in [0.4, 0.5) is 4.39 Å². The van der Waals surface area contributed by atoms with E-state index < -0.39 is 0 Å². The molecule has 1 aromatic carbocycles. The van der Waals surface area contributed by atoms with Crippen LogP contribution in [0.25, 0.3) is 0 Å². The quantitative estimate of drug-likeness (QED) is 0.821. The summed E-state index contributed by atoms with van der Waals surface area (Å²) in [6.45, 7) is 3.53. The third-order valence-electron chi connectivity index (χ3n) is 2.86. The first-order valence-electron chi connectivity index (χ1n) is 5.49. The van der Waals surface area contributed by atoms with Gasteiger partial charge in [-0.2, -0.15) is 0 Å². The highest BCUT2D eigenvalue weighted by Crippen LogP contribution is 2.15. The molecule has 3 heteroatoms. The number of rotatable bonds is 3. The molecular formula is C12H17FN2. The van der Waals surface area contributed by atoms with Crippen molar-refractivity contribution in [3.05, 3.63) is 35.1 Å². The lowest BCUT2D eigenvalue weighted by Crippen LogP contribution is -2.18. The lowest BCUT2D eigenvalue weighted by Gasteiger charge is -2.15. The van der Waals surface area contributed by atoms with Crippen LogP contribution in [0.2, 0.25) is 0 Å². The van der Waals surface area contributed by atoms with Crippen molar-refractivity contribution in [1.29, 1.82) is 0 Å². The minimum absolute atomic E-state index is 0.174. The van der Waals surface area contributed by atoms with Crippen molar-refractivity contribution in [2.75, 3.05) is 13.1 Å². The summed E-state index contributed by atoms with van der Waals surface area (Å²) in [6.07, 6.45) is 2.53. The van der Waals surface area contributed by atoms with E-state index in [1.165, 1.54) is 18.9 Å². The van der Waals surface area contributed by atoms with Gasteiger partial charge in [0.2, 0.25) is 0 Å². The Morgan fingerprint density at radius 1 is 1.13 bits per heavy atom. The van der Waals surface area contributed by atoms with Gasteiger partial charge in [-0.3, -0.25) is 4.90 Å². The van der Waals surface area contributed by atoms with E-state index in [2.05, 4.69) is 4.90 Å². The number of nitrogens with two attached hydrogens (primary N) is 1. The Hall–Kier alpha value is -0.930. The third kappa shape index (κ3) is 2.76. The maximum atomic E-state index is 13.2. The van der Waals surface area contributed by atoms with Crippen molar-refractivity contribution in [2.45, 2.75) is 25.9 Å². The van der Waals surface area contributed by atoms with E-state index in [1.807, 2.05) is 6.07 Å². The maximum absolute atomic E-state index is 13.2. The molecule has 1 heterocycles. The van der Waals surface area contributed by atoms with Crippen LogP contribution in [0, 0.1) is 5.82 Å². The van der Waals surface area contributed by atoms with Gasteiger partial charge in [0.25, 0.3) is 0 Å². The van der Waals surface area contributed by atoms with Crippen LogP contribution in [-0.4, -0.2) is 18.0 Å². The second-order valence-corrected chi connectivity index (χ2v) is 4.16. The molecular weight excluding hydrogens is 191 g/mol. The Morgan fingerprint density at radius 2 is 1.80 bits per heavy atom. The SMILES string of the molecule is NCc1cc(F)cc(CN2CCCC2)c1. The molecule has 1 fully saturated rings. The number of hydrogen-bond donors (Lipinski definition) is 1. The first-order chi connectivity index (χ1) is 7.28. The molecule has 0 radical (unpaired) electrons. The van der Waals surface area contributed by atoms with E-state index in [0.29, 0.717) is 6.54 Å². The van der Waals surface area contributed by atoms with Crippen molar-refractivity contribution in [2.24, 2.45) is 5.73 Å². The molecule has 82 valence electrons. The number of benzene rings is 1. The Kier molecular flexibility index (Phi) is 3.34. The Labute approximate surface area is 89.9 Å². The molecule has 2 N–H and O–H groups in total. The summed E-state index contributed by atoms with van der Waals surface area (Å²) >= 11 is 0. The third-order valence-corrected chi connectivity index (χ3v) is 2.86. The van der Waals surface area contributed by atoms with Crippen molar-refractivity contribution in [3.8, 4) is 0 Å². The first kappa shape index (κ1) is 10.6. The van der Waals surface area contributed by atoms with E-state index in [1.54, 1.807) is 6.07 Å². The second-order valence-electron chi connectivity index (χ2n) is 4.16. The Morgan fingerprint density at radius 3 is 2.47 bits per heavy atom. The molecule has 1 aromatic rings. The molecule has 0 atom stereocenters. The summed E-state index contributed by atoms with van der Waals surface area (Å²) in [4.78, 5) is 2.36. The zero-order valence-corrected chi connectivity index (χ0v) is 8.88. The predicted molar refractivity (Wildman–Crippen MR) is 58.8 cm³/mol. The summed E-state index contributed by atoms with van der Waals surface area (Å²) < 4.78 is 13.2. The standard InChI is InChI=1S/C12H17FN2/c13-12-6-10(8-14)5-11(7-12)9-15-3-1-2-4-15/h5-7H,1-4,8-9,14H2. The number of hydrogen-bond acceptors (Lipinski definition) is 2. The molecule has 0 amide bonds. The fourth-order valence-corrected chi connectivity index (χ4v) is 2.13. The molecule has 0 aromatic heterocycles. The Bertz CT molecular complexity index is 332. The summed E-state index contributed by atoms with van der Waals surface area (Å²) in [6, 6.07) is 5.12. The fraction of sp³-hybridized carbons (Fsp3) is 0.500. The van der Waals surface area contributed by atoms with Gasteiger partial charge in [-0.05, 0) is 49.2 Å². The van der Waals surface area contributed by atoms with Gasteiger partial charge in [-0.25, -0.2) is 4.39 Å². The average Bonchev–Trinajstić information content (AvgIpc) is 2.69. The molecule has 15 heavy (non-hydrogen) atoms. The molecule has 1 aliphatic rings. The zero-order chi connectivity index (χ0) is 10.7. The fourth-order valence-electron chi connectivity index (χ4n) is 2.13. The molecule has 2 nitrogen and oxygen atoms in total. The van der Waals surface area contributed by atoms with Gasteiger partial charge >= 0.3 is 0 Å². The average molecular weight is 208 g/mol. The van der Waals surface area contributed by atoms with Crippen LogP contribution in [0.3, 0.4) is 0 Å². The summed E-state index contributed by atoms with van der Waals surface area (Å²) in [5.41, 5.74) is 7.43. The van der Waals surface area contributed by atoms with Gasteiger partial charge < -0.3 is 5.73 Å². The van der Waals surface area contributed by atoms with E-state index >= 15 is 0 Å². The first-order valence-corrected chi connectivity index (χ1v) is 5.49. The topological polar surface area (TPSA) is 29.3 Å². The van der Waals surface area contributed by atoms with Crippen LogP contribution in [-0.2, 0) is 13.1 Å². The number of halogens is 1. The molecule has 0 aliphatic carbocycles. The van der Waals surface area contributed by atoms with Crippen LogP contribution in [0.15, 0.2) is 18.2 Å². The van der Waals surface area contributed by atoms with Gasteiger partial charge in [0.05, 0.1) is 0 Å². The minimum atomic E-state index is -0.174. The number of nitrogens with zero attached hydrogens (tertiary/aromatic N) is 1. The lowest BCUT2D eigenvalue weighted by atomic mass is 10.1. The molecule has 2 rings (SSSR count). The van der Waals surface area contributed by atoms with Crippen molar-refractivity contribution in [1.82, 2.24) is 4.90 Å². The van der Waals surface area contributed by atoms with Crippen molar-refractivity contribution in [3.63, 3.8) is 0 Å². The molecule has 0 saturated carbocycles. The lowest BCUT2D eigenvalue weighted by molar-refractivity contribution is 0.330. The largest absolute Gasteiger partial charge is 0.326 e. The second kappa shape index (κ2) is 4.73. The van der Waals surface area contributed by atoms with Gasteiger partial charge in [0.15, 0.2) is 0 Å². The predicted octanol–water partition coefficient (Wildman–Crippen LogP) is 1.88. The Balaban J connectivity index is 2.09. The summed E-state index contributed by atoms with van der Waals surface area (Å²) in [5.74, 6) is -0.174. The highest BCUT2D eigenvalue weighted by molar-refractivity contribution is 5.24. The van der Waals surface area contributed by atoms with E-state index in [-0.39, 0.29) is 5.82 Å². The smallest absolute Gasteiger partial charge is 0.123 e. The van der Waals surface area contributed by atoms with Crippen molar-refractivity contribution < 1.29 is 4.39 Å². The van der Waals surface area contributed by atoms with Crippen LogP contribution < -0.4 is 5.73 Å². The van der Waals surface area contributed by atoms with Gasteiger partial charge in [-0.1, -0.05) is 6.07 Å². The van der Waals surface area contributed by atoms with Gasteiger partial charge in [0, 0.05) is 13.1 Å². The molecule has 1 aliphatic heterocycles. The van der Waals surface area contributed by atoms with Crippen molar-refractivity contribution >= 4 is 0 Å². The van der Waals surface area contributed by atoms with Crippen LogP contribution in [0.5, 0.6) is 0 Å². The summed E-state index contributed by atoms with van der Waals surface area (Å²) in [5, 5.41) is 0. The van der Waals surface area contributed by atoms with E-state index in [9.17, 15) is 4.39 Å². The van der Waals surface area contributed by atoms with Gasteiger partial charge in [0.1, 0.15) is 5.82 Å². The molecule has 0 unspecified atom stereocenters. The summed E-state index contributed by atoms with van der Waals surface area (Å²) in [7, 11) is 0. The molecule has 1 saturated heterocycles. The highest BCUT2D eigenvalue weighted by Gasteiger charge is 2.12. The number of likely N-dealkylation sites (tertiary alicyclic amines) is 1. The normalized spacial score (nSPS) is 17.2. The minimum Gasteiger partial charge on any atom is -0.326 e.